The van der Waals surface area contributed by atoms with E-state index in [0.717, 1.165) is 13.1 Å². The lowest BCUT2D eigenvalue weighted by Gasteiger charge is -2.19. The van der Waals surface area contributed by atoms with Crippen LogP contribution in [0.5, 0.6) is 0 Å². The van der Waals surface area contributed by atoms with Crippen LogP contribution in [0.15, 0.2) is 24.3 Å². The maximum atomic E-state index is 12.1. The van der Waals surface area contributed by atoms with Crippen LogP contribution in [0.3, 0.4) is 0 Å². The molecular weight excluding hydrogens is 251 g/mol. The van der Waals surface area contributed by atoms with Gasteiger partial charge in [0.1, 0.15) is 6.54 Å². The van der Waals surface area contributed by atoms with Crippen molar-refractivity contribution >= 4 is 11.9 Å². The van der Waals surface area contributed by atoms with Gasteiger partial charge in [-0.05, 0) is 18.2 Å². The molecular formula is C11H10F3NO3. The highest BCUT2D eigenvalue weighted by atomic mass is 19.4. The maximum absolute atomic E-state index is 12.1. The third-order valence-corrected chi connectivity index (χ3v) is 2.12. The van der Waals surface area contributed by atoms with Gasteiger partial charge in [-0.15, -0.1) is 0 Å². The van der Waals surface area contributed by atoms with E-state index in [1.807, 2.05) is 0 Å². The summed E-state index contributed by atoms with van der Waals surface area (Å²) in [5.41, 5.74) is -0.247. The molecule has 0 saturated heterocycles. The summed E-state index contributed by atoms with van der Waals surface area (Å²) in [6.45, 7) is -1.39. The SMILES string of the molecule is CN(CC(F)(F)F)C(=O)c1cccc(C(=O)O)c1. The van der Waals surface area contributed by atoms with E-state index in [2.05, 4.69) is 0 Å². The summed E-state index contributed by atoms with van der Waals surface area (Å²) >= 11 is 0. The van der Waals surface area contributed by atoms with Crippen molar-refractivity contribution in [1.82, 2.24) is 4.90 Å². The first-order valence-corrected chi connectivity index (χ1v) is 4.86. The second-order valence-corrected chi connectivity index (χ2v) is 3.66. The van der Waals surface area contributed by atoms with Crippen LogP contribution in [-0.4, -0.2) is 41.7 Å². The van der Waals surface area contributed by atoms with Crippen molar-refractivity contribution in [3.63, 3.8) is 0 Å². The van der Waals surface area contributed by atoms with Crippen LogP contribution in [0.2, 0.25) is 0 Å². The summed E-state index contributed by atoms with van der Waals surface area (Å²) < 4.78 is 36.3. The van der Waals surface area contributed by atoms with E-state index in [9.17, 15) is 22.8 Å². The van der Waals surface area contributed by atoms with Gasteiger partial charge in [-0.25, -0.2) is 4.79 Å². The van der Waals surface area contributed by atoms with Crippen molar-refractivity contribution in [3.8, 4) is 0 Å². The Morgan fingerprint density at radius 3 is 2.33 bits per heavy atom. The summed E-state index contributed by atoms with van der Waals surface area (Å²) in [6, 6.07) is 4.86. The van der Waals surface area contributed by atoms with Gasteiger partial charge in [0.2, 0.25) is 0 Å². The van der Waals surface area contributed by atoms with Crippen molar-refractivity contribution in [3.05, 3.63) is 35.4 Å². The molecule has 0 atom stereocenters. The second-order valence-electron chi connectivity index (χ2n) is 3.66. The molecule has 1 N–H and O–H groups in total. The van der Waals surface area contributed by atoms with Gasteiger partial charge < -0.3 is 10.0 Å². The van der Waals surface area contributed by atoms with E-state index >= 15 is 0 Å². The minimum absolute atomic E-state index is 0.0957. The highest BCUT2D eigenvalue weighted by Gasteiger charge is 2.31. The number of alkyl halides is 3. The van der Waals surface area contributed by atoms with Gasteiger partial charge in [-0.1, -0.05) is 6.07 Å². The van der Waals surface area contributed by atoms with Gasteiger partial charge in [0, 0.05) is 12.6 Å². The molecule has 0 heterocycles. The Labute approximate surface area is 101 Å². The summed E-state index contributed by atoms with van der Waals surface area (Å²) in [5, 5.41) is 8.71. The summed E-state index contributed by atoms with van der Waals surface area (Å²) in [7, 11) is 1.00. The number of halogens is 3. The first-order chi connectivity index (χ1) is 8.20. The number of nitrogens with zero attached hydrogens (tertiary/aromatic N) is 1. The summed E-state index contributed by atoms with van der Waals surface area (Å²) in [6.07, 6.45) is -4.49. The van der Waals surface area contributed by atoms with E-state index in [1.165, 1.54) is 18.2 Å². The van der Waals surface area contributed by atoms with Crippen LogP contribution in [0, 0.1) is 0 Å². The molecule has 7 heteroatoms. The second kappa shape index (κ2) is 5.07. The number of hydrogen-bond acceptors (Lipinski definition) is 2. The molecule has 0 fully saturated rings. The van der Waals surface area contributed by atoms with Crippen LogP contribution < -0.4 is 0 Å². The molecule has 0 aliphatic rings. The van der Waals surface area contributed by atoms with Gasteiger partial charge in [0.15, 0.2) is 0 Å². The molecule has 1 aromatic carbocycles. The fourth-order valence-electron chi connectivity index (χ4n) is 1.35. The number of aromatic carboxylic acids is 1. The number of carbonyl (C=O) groups excluding carboxylic acids is 1. The average molecular weight is 261 g/mol. The smallest absolute Gasteiger partial charge is 0.406 e. The number of carbonyl (C=O) groups is 2. The molecule has 0 bridgehead atoms. The predicted molar refractivity (Wildman–Crippen MR) is 56.4 cm³/mol. The lowest BCUT2D eigenvalue weighted by molar-refractivity contribution is -0.138. The monoisotopic (exact) mass is 261 g/mol. The topological polar surface area (TPSA) is 57.6 Å². The Bertz CT molecular complexity index is 471. The lowest BCUT2D eigenvalue weighted by atomic mass is 10.1. The number of amides is 1. The van der Waals surface area contributed by atoms with Crippen molar-refractivity contribution in [2.45, 2.75) is 6.18 Å². The Balaban J connectivity index is 2.90. The van der Waals surface area contributed by atoms with Crippen molar-refractivity contribution in [2.24, 2.45) is 0 Å². The normalized spacial score (nSPS) is 11.1. The molecule has 1 amide bonds. The molecule has 0 aliphatic carbocycles. The van der Waals surface area contributed by atoms with E-state index in [0.29, 0.717) is 4.90 Å². The Morgan fingerprint density at radius 1 is 1.28 bits per heavy atom. The van der Waals surface area contributed by atoms with E-state index < -0.39 is 24.6 Å². The molecule has 98 valence electrons. The zero-order valence-electron chi connectivity index (χ0n) is 9.36. The maximum Gasteiger partial charge on any atom is 0.406 e. The number of benzene rings is 1. The minimum Gasteiger partial charge on any atom is -0.478 e. The molecule has 18 heavy (non-hydrogen) atoms. The minimum atomic E-state index is -4.49. The summed E-state index contributed by atoms with van der Waals surface area (Å²) in [5.74, 6) is -2.13. The zero-order valence-corrected chi connectivity index (χ0v) is 9.36. The van der Waals surface area contributed by atoms with E-state index in [4.69, 9.17) is 5.11 Å². The third-order valence-electron chi connectivity index (χ3n) is 2.12. The molecule has 4 nitrogen and oxygen atoms in total. The largest absolute Gasteiger partial charge is 0.478 e. The van der Waals surface area contributed by atoms with Crippen molar-refractivity contribution in [1.29, 1.82) is 0 Å². The Morgan fingerprint density at radius 2 is 1.83 bits per heavy atom. The molecule has 0 aromatic heterocycles. The first-order valence-electron chi connectivity index (χ1n) is 4.86. The quantitative estimate of drug-likeness (QED) is 0.905. The Kier molecular flexibility index (Phi) is 3.95. The lowest BCUT2D eigenvalue weighted by Crippen LogP contribution is -2.35. The van der Waals surface area contributed by atoms with Gasteiger partial charge in [0.25, 0.3) is 5.91 Å². The van der Waals surface area contributed by atoms with Crippen LogP contribution in [0.4, 0.5) is 13.2 Å². The van der Waals surface area contributed by atoms with Gasteiger partial charge in [-0.3, -0.25) is 4.79 Å². The molecule has 1 rings (SSSR count). The van der Waals surface area contributed by atoms with Crippen LogP contribution >= 0.6 is 0 Å². The van der Waals surface area contributed by atoms with E-state index in [1.54, 1.807) is 0 Å². The van der Waals surface area contributed by atoms with Crippen molar-refractivity contribution < 1.29 is 27.9 Å². The number of carboxylic acid groups (broad SMARTS) is 1. The van der Waals surface area contributed by atoms with Crippen molar-refractivity contribution in [2.75, 3.05) is 13.6 Å². The van der Waals surface area contributed by atoms with Gasteiger partial charge in [0.05, 0.1) is 5.56 Å². The van der Waals surface area contributed by atoms with E-state index in [-0.39, 0.29) is 11.1 Å². The molecule has 0 saturated carbocycles. The van der Waals surface area contributed by atoms with Gasteiger partial charge in [-0.2, -0.15) is 13.2 Å². The molecule has 0 spiro atoms. The van der Waals surface area contributed by atoms with Crippen LogP contribution in [0.25, 0.3) is 0 Å². The zero-order chi connectivity index (χ0) is 13.9. The first kappa shape index (κ1) is 14.0. The third kappa shape index (κ3) is 3.76. The molecule has 0 unspecified atom stereocenters. The summed E-state index contributed by atoms with van der Waals surface area (Å²) in [4.78, 5) is 22.8. The van der Waals surface area contributed by atoms with Crippen LogP contribution in [0.1, 0.15) is 20.7 Å². The number of carboxylic acids is 1. The number of rotatable bonds is 3. The molecule has 0 radical (unpaired) electrons. The van der Waals surface area contributed by atoms with Crippen LogP contribution in [-0.2, 0) is 0 Å². The van der Waals surface area contributed by atoms with Gasteiger partial charge >= 0.3 is 12.1 Å². The number of hydrogen-bond donors (Lipinski definition) is 1. The highest BCUT2D eigenvalue weighted by molar-refractivity contribution is 5.97. The molecule has 1 aromatic rings. The average Bonchev–Trinajstić information content (AvgIpc) is 2.26. The highest BCUT2D eigenvalue weighted by Crippen LogP contribution is 2.17. The fourth-order valence-corrected chi connectivity index (χ4v) is 1.35. The molecule has 0 aliphatic heterocycles. The Hall–Kier alpha value is -2.05. The predicted octanol–water partition coefficient (Wildman–Crippen LogP) is 2.02. The fraction of sp³-hybridized carbons (Fsp3) is 0.273. The standard InChI is InChI=1S/C11H10F3NO3/c1-15(6-11(12,13)14)9(16)7-3-2-4-8(5-7)10(17)18/h2-5H,6H2,1H3,(H,17,18).